The SMILES string of the molecule is CNC1CC(c2cccnc2)Oc2ccccc21. The van der Waals surface area contributed by atoms with Crippen LogP contribution in [-0.4, -0.2) is 12.0 Å². The predicted octanol–water partition coefficient (Wildman–Crippen LogP) is 2.87. The molecule has 92 valence electrons. The highest BCUT2D eigenvalue weighted by atomic mass is 16.5. The first kappa shape index (κ1) is 11.2. The van der Waals surface area contributed by atoms with Crippen LogP contribution >= 0.6 is 0 Å². The number of rotatable bonds is 2. The molecule has 0 spiro atoms. The molecule has 3 heteroatoms. The summed E-state index contributed by atoms with van der Waals surface area (Å²) < 4.78 is 6.07. The first-order valence-corrected chi connectivity index (χ1v) is 6.21. The fourth-order valence-electron chi connectivity index (χ4n) is 2.46. The van der Waals surface area contributed by atoms with Crippen molar-refractivity contribution in [3.05, 3.63) is 59.9 Å². The molecule has 0 amide bonds. The summed E-state index contributed by atoms with van der Waals surface area (Å²) >= 11 is 0. The molecule has 1 aliphatic heterocycles. The minimum absolute atomic E-state index is 0.0750. The van der Waals surface area contributed by atoms with Crippen molar-refractivity contribution in [1.82, 2.24) is 10.3 Å². The average molecular weight is 240 g/mol. The highest BCUT2D eigenvalue weighted by molar-refractivity contribution is 5.39. The third-order valence-electron chi connectivity index (χ3n) is 3.42. The molecule has 0 bridgehead atoms. The molecular weight excluding hydrogens is 224 g/mol. The molecule has 0 fully saturated rings. The topological polar surface area (TPSA) is 34.2 Å². The van der Waals surface area contributed by atoms with Crippen LogP contribution in [0.25, 0.3) is 0 Å². The average Bonchev–Trinajstić information content (AvgIpc) is 2.47. The Balaban J connectivity index is 1.95. The summed E-state index contributed by atoms with van der Waals surface area (Å²) in [5.41, 5.74) is 2.37. The standard InChI is InChI=1S/C15H16N2O/c1-16-13-9-15(11-5-4-8-17-10-11)18-14-7-3-2-6-12(13)14/h2-8,10,13,15-16H,9H2,1H3. The molecule has 3 nitrogen and oxygen atoms in total. The Hall–Kier alpha value is -1.87. The summed E-state index contributed by atoms with van der Waals surface area (Å²) in [6, 6.07) is 12.6. The van der Waals surface area contributed by atoms with Crippen LogP contribution in [-0.2, 0) is 0 Å². The van der Waals surface area contributed by atoms with E-state index in [0.717, 1.165) is 17.7 Å². The minimum atomic E-state index is 0.0750. The molecule has 2 unspecified atom stereocenters. The van der Waals surface area contributed by atoms with Crippen LogP contribution in [0.4, 0.5) is 0 Å². The Morgan fingerprint density at radius 2 is 2.11 bits per heavy atom. The van der Waals surface area contributed by atoms with Crippen LogP contribution in [0.2, 0.25) is 0 Å². The lowest BCUT2D eigenvalue weighted by molar-refractivity contribution is 0.153. The number of hydrogen-bond donors (Lipinski definition) is 1. The number of fused-ring (bicyclic) bond motifs is 1. The van der Waals surface area contributed by atoms with E-state index in [-0.39, 0.29) is 6.10 Å². The van der Waals surface area contributed by atoms with E-state index in [2.05, 4.69) is 28.5 Å². The molecule has 3 rings (SSSR count). The number of benzene rings is 1. The summed E-state index contributed by atoms with van der Waals surface area (Å²) in [5, 5.41) is 3.36. The number of ether oxygens (including phenoxy) is 1. The largest absolute Gasteiger partial charge is 0.485 e. The van der Waals surface area contributed by atoms with Gasteiger partial charge in [-0.05, 0) is 19.2 Å². The number of pyridine rings is 1. The van der Waals surface area contributed by atoms with E-state index >= 15 is 0 Å². The van der Waals surface area contributed by atoms with Gasteiger partial charge in [0.1, 0.15) is 11.9 Å². The van der Waals surface area contributed by atoms with Crippen LogP contribution in [0, 0.1) is 0 Å². The Morgan fingerprint density at radius 1 is 1.22 bits per heavy atom. The normalized spacial score (nSPS) is 22.1. The molecule has 0 aliphatic carbocycles. The van der Waals surface area contributed by atoms with Gasteiger partial charge in [0, 0.05) is 36.0 Å². The zero-order valence-electron chi connectivity index (χ0n) is 10.3. The second kappa shape index (κ2) is 4.78. The number of aromatic nitrogens is 1. The molecule has 0 saturated heterocycles. The minimum Gasteiger partial charge on any atom is -0.485 e. The molecule has 2 atom stereocenters. The summed E-state index contributed by atoms with van der Waals surface area (Å²) in [7, 11) is 1.99. The Morgan fingerprint density at radius 3 is 2.89 bits per heavy atom. The van der Waals surface area contributed by atoms with E-state index in [1.807, 2.05) is 31.4 Å². The van der Waals surface area contributed by atoms with Gasteiger partial charge in [-0.15, -0.1) is 0 Å². The van der Waals surface area contributed by atoms with E-state index in [1.165, 1.54) is 5.56 Å². The van der Waals surface area contributed by atoms with E-state index in [4.69, 9.17) is 4.74 Å². The molecule has 1 aromatic heterocycles. The summed E-state index contributed by atoms with van der Waals surface area (Å²) in [6.07, 6.45) is 4.67. The van der Waals surface area contributed by atoms with Crippen molar-refractivity contribution < 1.29 is 4.74 Å². The van der Waals surface area contributed by atoms with Crippen LogP contribution in [0.3, 0.4) is 0 Å². The second-order valence-electron chi connectivity index (χ2n) is 4.51. The molecule has 2 aromatic rings. The molecule has 1 N–H and O–H groups in total. The van der Waals surface area contributed by atoms with Gasteiger partial charge in [0.2, 0.25) is 0 Å². The molecule has 1 aliphatic rings. The molecule has 2 heterocycles. The van der Waals surface area contributed by atoms with E-state index in [9.17, 15) is 0 Å². The van der Waals surface area contributed by atoms with Crippen molar-refractivity contribution in [3.63, 3.8) is 0 Å². The third-order valence-corrected chi connectivity index (χ3v) is 3.42. The fourth-order valence-corrected chi connectivity index (χ4v) is 2.46. The predicted molar refractivity (Wildman–Crippen MR) is 70.5 cm³/mol. The maximum atomic E-state index is 6.07. The van der Waals surface area contributed by atoms with E-state index < -0.39 is 0 Å². The van der Waals surface area contributed by atoms with E-state index in [1.54, 1.807) is 6.20 Å². The quantitative estimate of drug-likeness (QED) is 0.876. The Labute approximate surface area is 107 Å². The smallest absolute Gasteiger partial charge is 0.127 e. The van der Waals surface area contributed by atoms with Gasteiger partial charge in [-0.2, -0.15) is 0 Å². The Bertz CT molecular complexity index is 527. The van der Waals surface area contributed by atoms with Gasteiger partial charge in [0.25, 0.3) is 0 Å². The lowest BCUT2D eigenvalue weighted by atomic mass is 9.94. The first-order valence-electron chi connectivity index (χ1n) is 6.21. The van der Waals surface area contributed by atoms with Crippen LogP contribution in [0.15, 0.2) is 48.8 Å². The zero-order chi connectivity index (χ0) is 12.4. The van der Waals surface area contributed by atoms with Crippen molar-refractivity contribution in [2.45, 2.75) is 18.6 Å². The number of para-hydroxylation sites is 1. The third kappa shape index (κ3) is 1.97. The number of hydrogen-bond acceptors (Lipinski definition) is 3. The van der Waals surface area contributed by atoms with Gasteiger partial charge in [0.05, 0.1) is 0 Å². The summed E-state index contributed by atoms with van der Waals surface area (Å²) in [5.74, 6) is 0.969. The molecule has 0 saturated carbocycles. The summed E-state index contributed by atoms with van der Waals surface area (Å²) in [6.45, 7) is 0. The van der Waals surface area contributed by atoms with Crippen molar-refractivity contribution >= 4 is 0 Å². The van der Waals surface area contributed by atoms with Crippen molar-refractivity contribution in [3.8, 4) is 5.75 Å². The maximum Gasteiger partial charge on any atom is 0.127 e. The van der Waals surface area contributed by atoms with Crippen LogP contribution in [0.5, 0.6) is 5.75 Å². The Kier molecular flexibility index (Phi) is 2.99. The lowest BCUT2D eigenvalue weighted by Crippen LogP contribution is -2.26. The van der Waals surface area contributed by atoms with Crippen molar-refractivity contribution in [2.75, 3.05) is 7.05 Å². The number of nitrogens with zero attached hydrogens (tertiary/aromatic N) is 1. The van der Waals surface area contributed by atoms with Crippen molar-refractivity contribution in [2.24, 2.45) is 0 Å². The molecular formula is C15H16N2O. The van der Waals surface area contributed by atoms with Gasteiger partial charge >= 0.3 is 0 Å². The highest BCUT2D eigenvalue weighted by Crippen LogP contribution is 2.40. The fraction of sp³-hybridized carbons (Fsp3) is 0.267. The van der Waals surface area contributed by atoms with Crippen molar-refractivity contribution in [1.29, 1.82) is 0 Å². The molecule has 1 aromatic carbocycles. The van der Waals surface area contributed by atoms with Gasteiger partial charge in [-0.3, -0.25) is 4.98 Å². The zero-order valence-corrected chi connectivity index (χ0v) is 10.3. The van der Waals surface area contributed by atoms with Crippen LogP contribution in [0.1, 0.15) is 29.7 Å². The lowest BCUT2D eigenvalue weighted by Gasteiger charge is -2.32. The highest BCUT2D eigenvalue weighted by Gasteiger charge is 2.27. The van der Waals surface area contributed by atoms with Gasteiger partial charge in [-0.25, -0.2) is 0 Å². The van der Waals surface area contributed by atoms with Crippen LogP contribution < -0.4 is 10.1 Å². The van der Waals surface area contributed by atoms with Gasteiger partial charge in [-0.1, -0.05) is 24.3 Å². The second-order valence-corrected chi connectivity index (χ2v) is 4.51. The first-order chi connectivity index (χ1) is 8.88. The molecule has 0 radical (unpaired) electrons. The molecule has 18 heavy (non-hydrogen) atoms. The van der Waals surface area contributed by atoms with E-state index in [0.29, 0.717) is 6.04 Å². The summed E-state index contributed by atoms with van der Waals surface area (Å²) in [4.78, 5) is 4.17. The monoisotopic (exact) mass is 240 g/mol. The maximum absolute atomic E-state index is 6.07. The number of nitrogens with one attached hydrogen (secondary N) is 1. The van der Waals surface area contributed by atoms with Gasteiger partial charge < -0.3 is 10.1 Å². The van der Waals surface area contributed by atoms with Gasteiger partial charge in [0.15, 0.2) is 0 Å².